The van der Waals surface area contributed by atoms with E-state index < -0.39 is 9.84 Å². The maximum Gasteiger partial charge on any atom is 0.241 e. The molecule has 0 aliphatic carbocycles. The number of benzene rings is 1. The lowest BCUT2D eigenvalue weighted by Crippen LogP contribution is -2.62. The summed E-state index contributed by atoms with van der Waals surface area (Å²) in [6, 6.07) is 7.14. The van der Waals surface area contributed by atoms with Crippen LogP contribution in [-0.4, -0.2) is 55.9 Å². The van der Waals surface area contributed by atoms with E-state index in [1.807, 2.05) is 24.3 Å². The molecule has 24 heavy (non-hydrogen) atoms. The molecule has 2 saturated heterocycles. The maximum absolute atomic E-state index is 12.8. The molecule has 0 bridgehead atoms. The Bertz CT molecular complexity index is 705. The number of anilines is 1. The molecule has 7 heteroatoms. The third-order valence-electron chi connectivity index (χ3n) is 4.85. The van der Waals surface area contributed by atoms with Gasteiger partial charge in [-0.15, -0.1) is 0 Å². The van der Waals surface area contributed by atoms with E-state index >= 15 is 0 Å². The van der Waals surface area contributed by atoms with Gasteiger partial charge >= 0.3 is 0 Å². The Kier molecular flexibility index (Phi) is 5.32. The number of amides is 1. The molecule has 0 saturated carbocycles. The Hall–Kier alpha value is -0.920. The van der Waals surface area contributed by atoms with Gasteiger partial charge in [-0.3, -0.25) is 9.69 Å². The zero-order valence-corrected chi connectivity index (χ0v) is 16.2. The molecule has 1 amide bonds. The van der Waals surface area contributed by atoms with Gasteiger partial charge < -0.3 is 4.90 Å². The van der Waals surface area contributed by atoms with E-state index in [2.05, 4.69) is 27.8 Å². The summed E-state index contributed by atoms with van der Waals surface area (Å²) in [6.45, 7) is 3.24. The summed E-state index contributed by atoms with van der Waals surface area (Å²) in [7, 11) is -3.11. The number of sulfone groups is 1. The molecular formula is C17H23BrN2O3S. The summed E-state index contributed by atoms with van der Waals surface area (Å²) in [6.07, 6.45) is 3.22. The third kappa shape index (κ3) is 3.68. The van der Waals surface area contributed by atoms with Gasteiger partial charge in [0.1, 0.15) is 0 Å². The molecule has 1 aromatic rings. The van der Waals surface area contributed by atoms with Crippen LogP contribution in [0.15, 0.2) is 28.7 Å². The van der Waals surface area contributed by atoms with Gasteiger partial charge in [-0.05, 0) is 37.2 Å². The number of halogens is 1. The minimum absolute atomic E-state index is 0.00725. The maximum atomic E-state index is 12.8. The van der Waals surface area contributed by atoms with Crippen LogP contribution >= 0.6 is 15.9 Å². The summed E-state index contributed by atoms with van der Waals surface area (Å²) in [4.78, 5) is 16.5. The molecule has 2 atom stereocenters. The molecule has 0 aromatic heterocycles. The Morgan fingerprint density at radius 2 is 1.79 bits per heavy atom. The topological polar surface area (TPSA) is 57.7 Å². The minimum Gasteiger partial charge on any atom is -0.306 e. The fraction of sp³-hybridized carbons (Fsp3) is 0.588. The SMILES string of the molecule is CCCCCN1CC(=O)N(c2ccc(Br)cc2)[C@@H]2CS(=O)(=O)C[C@@H]21. The van der Waals surface area contributed by atoms with E-state index in [1.54, 1.807) is 4.90 Å². The smallest absolute Gasteiger partial charge is 0.241 e. The number of carbonyl (C=O) groups is 1. The van der Waals surface area contributed by atoms with Gasteiger partial charge in [0.15, 0.2) is 9.84 Å². The van der Waals surface area contributed by atoms with E-state index in [-0.39, 0.29) is 29.5 Å². The van der Waals surface area contributed by atoms with Gasteiger partial charge in [0, 0.05) is 16.2 Å². The molecule has 0 unspecified atom stereocenters. The number of fused-ring (bicyclic) bond motifs is 1. The fourth-order valence-electron chi connectivity index (χ4n) is 3.70. The molecular weight excluding hydrogens is 392 g/mol. The van der Waals surface area contributed by atoms with Crippen molar-refractivity contribution in [1.29, 1.82) is 0 Å². The Labute approximate surface area is 152 Å². The molecule has 5 nitrogen and oxygen atoms in total. The highest BCUT2D eigenvalue weighted by atomic mass is 79.9. The molecule has 0 N–H and O–H groups in total. The second kappa shape index (κ2) is 7.14. The average molecular weight is 415 g/mol. The van der Waals surface area contributed by atoms with Crippen LogP contribution in [-0.2, 0) is 14.6 Å². The second-order valence-corrected chi connectivity index (χ2v) is 9.70. The van der Waals surface area contributed by atoms with E-state index in [0.29, 0.717) is 6.54 Å². The van der Waals surface area contributed by atoms with Crippen molar-refractivity contribution in [2.45, 2.75) is 38.3 Å². The summed E-state index contributed by atoms with van der Waals surface area (Å²) in [5.74, 6) is 0.209. The van der Waals surface area contributed by atoms with Crippen LogP contribution in [0.1, 0.15) is 26.2 Å². The predicted octanol–water partition coefficient (Wildman–Crippen LogP) is 2.45. The lowest BCUT2D eigenvalue weighted by molar-refractivity contribution is -0.123. The van der Waals surface area contributed by atoms with Crippen LogP contribution in [0, 0.1) is 0 Å². The van der Waals surface area contributed by atoms with Gasteiger partial charge in [-0.1, -0.05) is 35.7 Å². The molecule has 3 rings (SSSR count). The lowest BCUT2D eigenvalue weighted by Gasteiger charge is -2.43. The largest absolute Gasteiger partial charge is 0.306 e. The first kappa shape index (κ1) is 17.9. The van der Waals surface area contributed by atoms with Crippen molar-refractivity contribution in [3.63, 3.8) is 0 Å². The quantitative estimate of drug-likeness (QED) is 0.694. The fourth-order valence-corrected chi connectivity index (χ4v) is 5.95. The summed E-state index contributed by atoms with van der Waals surface area (Å²) in [5, 5.41) is 0. The number of unbranched alkanes of at least 4 members (excludes halogenated alkanes) is 2. The summed E-state index contributed by atoms with van der Waals surface area (Å²) < 4.78 is 25.4. The first-order valence-electron chi connectivity index (χ1n) is 8.43. The molecule has 2 aliphatic rings. The van der Waals surface area contributed by atoms with E-state index in [9.17, 15) is 13.2 Å². The number of rotatable bonds is 5. The third-order valence-corrected chi connectivity index (χ3v) is 7.08. The molecule has 1 aromatic carbocycles. The van der Waals surface area contributed by atoms with Crippen LogP contribution < -0.4 is 4.90 Å². The van der Waals surface area contributed by atoms with E-state index in [4.69, 9.17) is 0 Å². The van der Waals surface area contributed by atoms with Gasteiger partial charge in [0.25, 0.3) is 0 Å². The molecule has 0 radical (unpaired) electrons. The van der Waals surface area contributed by atoms with E-state index in [0.717, 1.165) is 36.0 Å². The van der Waals surface area contributed by atoms with E-state index in [1.165, 1.54) is 0 Å². The van der Waals surface area contributed by atoms with Gasteiger partial charge in [0.05, 0.1) is 24.1 Å². The monoisotopic (exact) mass is 414 g/mol. The van der Waals surface area contributed by atoms with Crippen LogP contribution in [0.2, 0.25) is 0 Å². The molecule has 2 fully saturated rings. The zero-order chi connectivity index (χ0) is 17.3. The Morgan fingerprint density at radius 1 is 1.12 bits per heavy atom. The van der Waals surface area contributed by atoms with Crippen LogP contribution in [0.25, 0.3) is 0 Å². The van der Waals surface area contributed by atoms with Gasteiger partial charge in [-0.2, -0.15) is 0 Å². The van der Waals surface area contributed by atoms with Crippen molar-refractivity contribution in [3.05, 3.63) is 28.7 Å². The Morgan fingerprint density at radius 3 is 2.46 bits per heavy atom. The minimum atomic E-state index is -3.11. The van der Waals surface area contributed by atoms with Crippen molar-refractivity contribution < 1.29 is 13.2 Å². The summed E-state index contributed by atoms with van der Waals surface area (Å²) >= 11 is 3.40. The second-order valence-electron chi connectivity index (χ2n) is 6.63. The first-order chi connectivity index (χ1) is 11.4. The Balaban J connectivity index is 1.87. The van der Waals surface area contributed by atoms with Crippen molar-refractivity contribution in [2.24, 2.45) is 0 Å². The van der Waals surface area contributed by atoms with Crippen LogP contribution in [0.4, 0.5) is 5.69 Å². The number of carbonyl (C=O) groups excluding carboxylic acids is 1. The number of nitrogens with zero attached hydrogens (tertiary/aromatic N) is 2. The lowest BCUT2D eigenvalue weighted by atomic mass is 10.0. The average Bonchev–Trinajstić information content (AvgIpc) is 2.84. The number of hydrogen-bond donors (Lipinski definition) is 0. The van der Waals surface area contributed by atoms with Crippen molar-refractivity contribution in [2.75, 3.05) is 29.5 Å². The first-order valence-corrected chi connectivity index (χ1v) is 11.0. The van der Waals surface area contributed by atoms with Crippen LogP contribution in [0.5, 0.6) is 0 Å². The number of piperazine rings is 1. The number of hydrogen-bond acceptors (Lipinski definition) is 4. The van der Waals surface area contributed by atoms with Crippen molar-refractivity contribution in [3.8, 4) is 0 Å². The van der Waals surface area contributed by atoms with Crippen LogP contribution in [0.3, 0.4) is 0 Å². The predicted molar refractivity (Wildman–Crippen MR) is 99.0 cm³/mol. The standard InChI is InChI=1S/C17H23BrN2O3S/c1-2-3-4-9-19-10-17(21)20(14-7-5-13(18)6-8-14)16-12-24(22,23)11-15(16)19/h5-8,15-16H,2-4,9-12H2,1H3/t15-,16+/m0/s1. The molecule has 132 valence electrons. The normalized spacial score (nSPS) is 26.6. The van der Waals surface area contributed by atoms with Gasteiger partial charge in [-0.25, -0.2) is 8.42 Å². The molecule has 2 heterocycles. The summed E-state index contributed by atoms with van der Waals surface area (Å²) in [5.41, 5.74) is 0.781. The van der Waals surface area contributed by atoms with Gasteiger partial charge in [0.2, 0.25) is 5.91 Å². The van der Waals surface area contributed by atoms with Crippen molar-refractivity contribution >= 4 is 37.4 Å². The highest BCUT2D eigenvalue weighted by molar-refractivity contribution is 9.10. The highest BCUT2D eigenvalue weighted by Crippen LogP contribution is 2.32. The highest BCUT2D eigenvalue weighted by Gasteiger charge is 2.49. The molecule has 0 spiro atoms. The van der Waals surface area contributed by atoms with Crippen molar-refractivity contribution in [1.82, 2.24) is 4.90 Å². The molecule has 2 aliphatic heterocycles. The zero-order valence-electron chi connectivity index (χ0n) is 13.8.